The minimum absolute atomic E-state index is 0.00240. The first-order valence-electron chi connectivity index (χ1n) is 10.5. The summed E-state index contributed by atoms with van der Waals surface area (Å²) in [6.07, 6.45) is 2.28. The van der Waals surface area contributed by atoms with Crippen LogP contribution < -0.4 is 14.4 Å². The summed E-state index contributed by atoms with van der Waals surface area (Å²) in [5, 5.41) is 0. The lowest BCUT2D eigenvalue weighted by atomic mass is 10.1. The molecule has 1 atom stereocenters. The molecule has 1 fully saturated rings. The number of nitrogens with zero attached hydrogens (tertiary/aromatic N) is 1. The Labute approximate surface area is 188 Å². The number of amides is 1. The molecule has 0 bridgehead atoms. The summed E-state index contributed by atoms with van der Waals surface area (Å²) in [6, 6.07) is 24.1. The average molecular weight is 434 g/mol. The third-order valence-corrected chi connectivity index (χ3v) is 5.99. The fourth-order valence-electron chi connectivity index (χ4n) is 3.74. The molecule has 0 aromatic heterocycles. The third kappa shape index (κ3) is 5.05. The van der Waals surface area contributed by atoms with Crippen molar-refractivity contribution < 1.29 is 14.3 Å². The number of rotatable bonds is 8. The van der Waals surface area contributed by atoms with Crippen molar-refractivity contribution in [3.8, 4) is 22.6 Å². The molecular formula is C26H27NO3S. The molecule has 0 unspecified atom stereocenters. The minimum Gasteiger partial charge on any atom is -0.492 e. The summed E-state index contributed by atoms with van der Waals surface area (Å²) in [7, 11) is 0. The number of ether oxygens (including phenoxy) is 2. The van der Waals surface area contributed by atoms with Gasteiger partial charge in [0.2, 0.25) is 0 Å². The van der Waals surface area contributed by atoms with Gasteiger partial charge in [0, 0.05) is 24.4 Å². The van der Waals surface area contributed by atoms with Crippen LogP contribution in [-0.4, -0.2) is 37.2 Å². The Morgan fingerprint density at radius 2 is 1.74 bits per heavy atom. The van der Waals surface area contributed by atoms with Gasteiger partial charge >= 0.3 is 0 Å². The highest BCUT2D eigenvalue weighted by Gasteiger charge is 2.34. The predicted octanol–water partition coefficient (Wildman–Crippen LogP) is 5.59. The van der Waals surface area contributed by atoms with Crippen molar-refractivity contribution >= 4 is 23.4 Å². The fourth-order valence-corrected chi connectivity index (χ4v) is 3.99. The van der Waals surface area contributed by atoms with E-state index in [1.807, 2.05) is 72.5 Å². The van der Waals surface area contributed by atoms with Gasteiger partial charge in [-0.15, -0.1) is 0 Å². The summed E-state index contributed by atoms with van der Waals surface area (Å²) in [6.45, 7) is 3.35. The fraction of sp³-hybridized carbons (Fsp3) is 0.269. The van der Waals surface area contributed by atoms with Gasteiger partial charge in [-0.05, 0) is 60.2 Å². The third-order valence-electron chi connectivity index (χ3n) is 5.41. The van der Waals surface area contributed by atoms with Gasteiger partial charge in [0.25, 0.3) is 5.91 Å². The van der Waals surface area contributed by atoms with Crippen LogP contribution >= 0.6 is 11.8 Å². The van der Waals surface area contributed by atoms with Gasteiger partial charge in [-0.2, -0.15) is 11.8 Å². The first kappa shape index (κ1) is 21.3. The van der Waals surface area contributed by atoms with Gasteiger partial charge < -0.3 is 14.4 Å². The highest BCUT2D eigenvalue weighted by molar-refractivity contribution is 7.98. The molecule has 3 aromatic rings. The summed E-state index contributed by atoms with van der Waals surface area (Å²) < 4.78 is 11.8. The molecule has 0 spiro atoms. The molecule has 1 heterocycles. The summed E-state index contributed by atoms with van der Waals surface area (Å²) in [5.74, 6) is 2.55. The molecule has 0 aliphatic carbocycles. The van der Waals surface area contributed by atoms with Crippen LogP contribution in [0.4, 0.5) is 5.69 Å². The molecule has 0 N–H and O–H groups in total. The normalized spacial score (nSPS) is 15.9. The molecule has 1 aliphatic heterocycles. The molecule has 1 aliphatic rings. The molecule has 1 amide bonds. The lowest BCUT2D eigenvalue weighted by molar-refractivity contribution is -0.122. The van der Waals surface area contributed by atoms with Crippen molar-refractivity contribution in [3.63, 3.8) is 0 Å². The van der Waals surface area contributed by atoms with E-state index < -0.39 is 6.10 Å². The second-order valence-electron chi connectivity index (χ2n) is 7.57. The summed E-state index contributed by atoms with van der Waals surface area (Å²) in [5.41, 5.74) is 4.22. The standard InChI is InChI=1S/C26H27NO3S/c1-19-18-22(10-13-24(19)29-16-17-31-2)27-15-14-25(26(27)28)30-23-11-8-21(9-12-23)20-6-4-3-5-7-20/h3-13,18,25H,14-17H2,1-2H3/t25-/m1/s1. The Morgan fingerprint density at radius 1 is 1.00 bits per heavy atom. The lowest BCUT2D eigenvalue weighted by Crippen LogP contribution is -2.32. The van der Waals surface area contributed by atoms with Gasteiger partial charge in [0.15, 0.2) is 6.10 Å². The van der Waals surface area contributed by atoms with Gasteiger partial charge in [0.1, 0.15) is 11.5 Å². The highest BCUT2D eigenvalue weighted by atomic mass is 32.2. The zero-order valence-electron chi connectivity index (χ0n) is 17.9. The maximum atomic E-state index is 13.0. The SMILES string of the molecule is CSCCOc1ccc(N2CC[C@@H](Oc3ccc(-c4ccccc4)cc3)C2=O)cc1C. The number of carbonyl (C=O) groups excluding carboxylic acids is 1. The maximum Gasteiger partial charge on any atom is 0.268 e. The second kappa shape index (κ2) is 9.92. The Morgan fingerprint density at radius 3 is 2.45 bits per heavy atom. The molecular weight excluding hydrogens is 406 g/mol. The van der Waals surface area contributed by atoms with E-state index in [-0.39, 0.29) is 5.91 Å². The second-order valence-corrected chi connectivity index (χ2v) is 8.55. The van der Waals surface area contributed by atoms with E-state index in [0.29, 0.717) is 25.3 Å². The first-order valence-corrected chi connectivity index (χ1v) is 11.9. The minimum atomic E-state index is -0.458. The molecule has 0 saturated carbocycles. The highest BCUT2D eigenvalue weighted by Crippen LogP contribution is 2.30. The lowest BCUT2D eigenvalue weighted by Gasteiger charge is -2.19. The molecule has 1 saturated heterocycles. The molecule has 0 radical (unpaired) electrons. The zero-order valence-corrected chi connectivity index (χ0v) is 18.7. The van der Waals surface area contributed by atoms with Crippen LogP contribution in [0.3, 0.4) is 0 Å². The van der Waals surface area contributed by atoms with E-state index in [1.54, 1.807) is 11.8 Å². The zero-order chi connectivity index (χ0) is 21.6. The first-order chi connectivity index (χ1) is 15.2. The van der Waals surface area contributed by atoms with Crippen molar-refractivity contribution in [2.45, 2.75) is 19.4 Å². The monoisotopic (exact) mass is 433 g/mol. The topological polar surface area (TPSA) is 38.8 Å². The Hall–Kier alpha value is -2.92. The molecule has 4 nitrogen and oxygen atoms in total. The van der Waals surface area contributed by atoms with Crippen molar-refractivity contribution in [2.75, 3.05) is 30.1 Å². The summed E-state index contributed by atoms with van der Waals surface area (Å²) in [4.78, 5) is 14.8. The van der Waals surface area contributed by atoms with Crippen LogP contribution in [0.25, 0.3) is 11.1 Å². The Balaban J connectivity index is 1.39. The van der Waals surface area contributed by atoms with Crippen LogP contribution in [0.1, 0.15) is 12.0 Å². The van der Waals surface area contributed by atoms with Gasteiger partial charge in [0.05, 0.1) is 6.61 Å². The summed E-state index contributed by atoms with van der Waals surface area (Å²) >= 11 is 1.76. The van der Waals surface area contributed by atoms with Crippen LogP contribution in [0, 0.1) is 6.92 Å². The Kier molecular flexibility index (Phi) is 6.82. The van der Waals surface area contributed by atoms with Gasteiger partial charge in [-0.25, -0.2) is 0 Å². The number of hydrogen-bond donors (Lipinski definition) is 0. The van der Waals surface area contributed by atoms with Crippen molar-refractivity contribution in [2.24, 2.45) is 0 Å². The van der Waals surface area contributed by atoms with Crippen LogP contribution in [0.5, 0.6) is 11.5 Å². The van der Waals surface area contributed by atoms with Crippen LogP contribution in [0.15, 0.2) is 72.8 Å². The van der Waals surface area contributed by atoms with Gasteiger partial charge in [-0.1, -0.05) is 42.5 Å². The van der Waals surface area contributed by atoms with Gasteiger partial charge in [-0.3, -0.25) is 4.79 Å². The van der Waals surface area contributed by atoms with Crippen molar-refractivity contribution in [1.82, 2.24) is 0 Å². The van der Waals surface area contributed by atoms with E-state index >= 15 is 0 Å². The van der Waals surface area contributed by atoms with Crippen LogP contribution in [0.2, 0.25) is 0 Å². The van der Waals surface area contributed by atoms with E-state index in [2.05, 4.69) is 18.4 Å². The van der Waals surface area contributed by atoms with Crippen molar-refractivity contribution in [1.29, 1.82) is 0 Å². The van der Waals surface area contributed by atoms with E-state index in [4.69, 9.17) is 9.47 Å². The Bertz CT molecular complexity index is 1020. The van der Waals surface area contributed by atoms with E-state index in [1.165, 1.54) is 0 Å². The number of thioether (sulfide) groups is 1. The molecule has 4 rings (SSSR count). The average Bonchev–Trinajstić information content (AvgIpc) is 3.16. The maximum absolute atomic E-state index is 13.0. The largest absolute Gasteiger partial charge is 0.492 e. The van der Waals surface area contributed by atoms with Crippen LogP contribution in [-0.2, 0) is 4.79 Å². The van der Waals surface area contributed by atoms with Crippen molar-refractivity contribution in [3.05, 3.63) is 78.4 Å². The predicted molar refractivity (Wildman–Crippen MR) is 128 cm³/mol. The molecule has 31 heavy (non-hydrogen) atoms. The molecule has 3 aromatic carbocycles. The number of benzene rings is 3. The quantitative estimate of drug-likeness (QED) is 0.434. The number of carbonyl (C=O) groups is 1. The van der Waals surface area contributed by atoms with E-state index in [9.17, 15) is 4.79 Å². The number of anilines is 1. The molecule has 160 valence electrons. The number of hydrogen-bond acceptors (Lipinski definition) is 4. The molecule has 5 heteroatoms. The smallest absolute Gasteiger partial charge is 0.268 e. The van der Waals surface area contributed by atoms with E-state index in [0.717, 1.165) is 33.9 Å². The number of aryl methyl sites for hydroxylation is 1.